The molecular weight excluding hydrogens is 303 g/mol. The van der Waals surface area contributed by atoms with Gasteiger partial charge in [-0.2, -0.15) is 8.78 Å². The molecule has 0 aliphatic carbocycles. The Morgan fingerprint density at radius 2 is 2.11 bits per heavy atom. The molecule has 1 rings (SSSR count). The molecule has 0 unspecified atom stereocenters. The molecule has 0 bridgehead atoms. The number of alkyl halides is 2. The minimum Gasteiger partial charge on any atom is -0.507 e. The molecule has 0 aliphatic rings. The molecule has 0 saturated carbocycles. The Morgan fingerprint density at radius 1 is 1.53 bits per heavy atom. The Balaban J connectivity index is 3.19. The highest BCUT2D eigenvalue weighted by Gasteiger charge is 2.49. The van der Waals surface area contributed by atoms with Crippen LogP contribution in [0, 0.1) is 0 Å². The number of nitrogens with two attached hydrogens (primary N) is 1. The van der Waals surface area contributed by atoms with Crippen molar-refractivity contribution in [1.82, 2.24) is 0 Å². The summed E-state index contributed by atoms with van der Waals surface area (Å²) in [5.41, 5.74) is 4.85. The lowest BCUT2D eigenvalue weighted by atomic mass is 10.0. The Labute approximate surface area is 118 Å². The maximum absolute atomic E-state index is 13.7. The Morgan fingerprint density at radius 3 is 2.58 bits per heavy atom. The second-order valence-electron chi connectivity index (χ2n) is 3.64. The monoisotopic (exact) mass is 313 g/mol. The van der Waals surface area contributed by atoms with Crippen molar-refractivity contribution in [1.29, 1.82) is 0 Å². The number of hydrogen-bond acceptors (Lipinski definition) is 4. The molecule has 19 heavy (non-hydrogen) atoms. The van der Waals surface area contributed by atoms with E-state index >= 15 is 0 Å². The molecule has 0 radical (unpaired) electrons. The van der Waals surface area contributed by atoms with Crippen molar-refractivity contribution in [3.8, 4) is 5.75 Å². The van der Waals surface area contributed by atoms with Gasteiger partial charge in [-0.1, -0.05) is 23.2 Å². The highest BCUT2D eigenvalue weighted by Crippen LogP contribution is 2.40. The fourth-order valence-electron chi connectivity index (χ4n) is 1.41. The van der Waals surface area contributed by atoms with Gasteiger partial charge >= 0.3 is 11.9 Å². The summed E-state index contributed by atoms with van der Waals surface area (Å²) in [5.74, 6) is -6.42. The van der Waals surface area contributed by atoms with Crippen molar-refractivity contribution in [2.75, 3.05) is 6.61 Å². The van der Waals surface area contributed by atoms with Crippen molar-refractivity contribution in [2.45, 2.75) is 18.9 Å². The quantitative estimate of drug-likeness (QED) is 0.838. The van der Waals surface area contributed by atoms with E-state index < -0.39 is 29.2 Å². The van der Waals surface area contributed by atoms with Gasteiger partial charge < -0.3 is 15.6 Å². The average Bonchev–Trinajstić information content (AvgIpc) is 2.27. The molecule has 1 atom stereocenters. The first-order chi connectivity index (χ1) is 8.71. The van der Waals surface area contributed by atoms with Crippen molar-refractivity contribution in [3.63, 3.8) is 0 Å². The summed E-state index contributed by atoms with van der Waals surface area (Å²) in [6.45, 7) is 1.16. The zero-order valence-electron chi connectivity index (χ0n) is 9.79. The molecule has 8 heteroatoms. The fraction of sp³-hybridized carbons (Fsp3) is 0.364. The number of phenolic OH excluding ortho intramolecular Hbond substituents is 1. The van der Waals surface area contributed by atoms with Crippen LogP contribution in [0.3, 0.4) is 0 Å². The van der Waals surface area contributed by atoms with Crippen LogP contribution in [-0.4, -0.2) is 23.6 Å². The van der Waals surface area contributed by atoms with Crippen LogP contribution in [0.5, 0.6) is 5.75 Å². The molecule has 0 aliphatic heterocycles. The van der Waals surface area contributed by atoms with E-state index in [4.69, 9.17) is 28.9 Å². The molecule has 0 amide bonds. The number of carbonyl (C=O) groups is 1. The molecule has 0 saturated heterocycles. The number of ether oxygens (including phenoxy) is 1. The number of aromatic hydroxyl groups is 1. The maximum atomic E-state index is 13.7. The highest BCUT2D eigenvalue weighted by atomic mass is 35.5. The smallest absolute Gasteiger partial charge is 0.379 e. The van der Waals surface area contributed by atoms with Crippen LogP contribution in [0.25, 0.3) is 0 Å². The Bertz CT molecular complexity index is 474. The van der Waals surface area contributed by atoms with E-state index in [1.165, 1.54) is 6.92 Å². The van der Waals surface area contributed by atoms with Gasteiger partial charge in [0, 0.05) is 10.6 Å². The normalized spacial score (nSPS) is 13.2. The van der Waals surface area contributed by atoms with Crippen LogP contribution in [0.4, 0.5) is 8.78 Å². The number of carbonyl (C=O) groups excluding carboxylic acids is 1. The number of benzene rings is 1. The van der Waals surface area contributed by atoms with Crippen LogP contribution in [0.1, 0.15) is 18.5 Å². The predicted molar refractivity (Wildman–Crippen MR) is 66.6 cm³/mol. The van der Waals surface area contributed by atoms with Gasteiger partial charge in [-0.25, -0.2) is 4.79 Å². The second-order valence-corrected chi connectivity index (χ2v) is 4.49. The number of rotatable bonds is 4. The molecule has 1 aromatic rings. The first-order valence-electron chi connectivity index (χ1n) is 5.20. The standard InChI is InChI=1S/C11H11Cl2F2NO3/c1-2-19-10(18)11(14,15)9(16)8-6(13)3-5(12)4-7(8)17/h3-4,9,17H,2,16H2,1H3/t9-/m1/s1. The highest BCUT2D eigenvalue weighted by molar-refractivity contribution is 6.35. The molecule has 0 fully saturated rings. The molecule has 1 aromatic carbocycles. The van der Waals surface area contributed by atoms with E-state index in [0.29, 0.717) is 0 Å². The maximum Gasteiger partial charge on any atom is 0.379 e. The summed E-state index contributed by atoms with van der Waals surface area (Å²) in [7, 11) is 0. The van der Waals surface area contributed by atoms with Gasteiger partial charge in [0.2, 0.25) is 0 Å². The van der Waals surface area contributed by atoms with Crippen LogP contribution in [0.2, 0.25) is 10.0 Å². The van der Waals surface area contributed by atoms with E-state index in [0.717, 1.165) is 12.1 Å². The zero-order chi connectivity index (χ0) is 14.8. The third-order valence-electron chi connectivity index (χ3n) is 2.32. The van der Waals surface area contributed by atoms with E-state index in [2.05, 4.69) is 4.74 Å². The summed E-state index contributed by atoms with van der Waals surface area (Å²) in [6.07, 6.45) is 0. The zero-order valence-corrected chi connectivity index (χ0v) is 11.3. The van der Waals surface area contributed by atoms with E-state index in [-0.39, 0.29) is 16.7 Å². The van der Waals surface area contributed by atoms with Crippen molar-refractivity contribution < 1.29 is 23.4 Å². The molecular formula is C11H11Cl2F2NO3. The van der Waals surface area contributed by atoms with Gasteiger partial charge in [-0.3, -0.25) is 0 Å². The molecule has 3 N–H and O–H groups in total. The molecule has 0 spiro atoms. The van der Waals surface area contributed by atoms with Crippen LogP contribution >= 0.6 is 23.2 Å². The van der Waals surface area contributed by atoms with Gasteiger partial charge in [0.25, 0.3) is 0 Å². The van der Waals surface area contributed by atoms with Gasteiger partial charge in [0.05, 0.1) is 11.6 Å². The molecule has 0 heterocycles. The van der Waals surface area contributed by atoms with Gasteiger partial charge in [-0.05, 0) is 19.1 Å². The lowest BCUT2D eigenvalue weighted by Gasteiger charge is -2.23. The summed E-state index contributed by atoms with van der Waals surface area (Å²) >= 11 is 11.3. The van der Waals surface area contributed by atoms with Crippen LogP contribution in [0.15, 0.2) is 12.1 Å². The van der Waals surface area contributed by atoms with Crippen molar-refractivity contribution in [3.05, 3.63) is 27.7 Å². The number of esters is 1. The minimum absolute atomic E-state index is 0.0536. The summed E-state index contributed by atoms with van der Waals surface area (Å²) in [5, 5.41) is 9.37. The summed E-state index contributed by atoms with van der Waals surface area (Å²) < 4.78 is 31.7. The summed E-state index contributed by atoms with van der Waals surface area (Å²) in [4.78, 5) is 11.2. The minimum atomic E-state index is -4.02. The SMILES string of the molecule is CCOC(=O)C(F)(F)[C@H](N)c1c(O)cc(Cl)cc1Cl. The third kappa shape index (κ3) is 3.26. The lowest BCUT2D eigenvalue weighted by molar-refractivity contribution is -0.174. The van der Waals surface area contributed by atoms with Gasteiger partial charge in [0.15, 0.2) is 0 Å². The summed E-state index contributed by atoms with van der Waals surface area (Å²) in [6, 6.07) is -0.000314. The largest absolute Gasteiger partial charge is 0.507 e. The van der Waals surface area contributed by atoms with E-state index in [1.54, 1.807) is 0 Å². The first-order valence-corrected chi connectivity index (χ1v) is 5.95. The second kappa shape index (κ2) is 5.90. The third-order valence-corrected chi connectivity index (χ3v) is 2.85. The van der Waals surface area contributed by atoms with Crippen LogP contribution in [-0.2, 0) is 9.53 Å². The van der Waals surface area contributed by atoms with E-state index in [1.807, 2.05) is 0 Å². The predicted octanol–water partition coefficient (Wildman–Crippen LogP) is 2.90. The molecule has 4 nitrogen and oxygen atoms in total. The number of halogens is 4. The first kappa shape index (κ1) is 15.9. The fourth-order valence-corrected chi connectivity index (χ4v) is 2.01. The van der Waals surface area contributed by atoms with Crippen LogP contribution < -0.4 is 5.73 Å². The Kier molecular flexibility index (Phi) is 4.95. The van der Waals surface area contributed by atoms with Gasteiger partial charge in [0.1, 0.15) is 11.8 Å². The molecule has 0 aromatic heterocycles. The Hall–Kier alpha value is -1.11. The van der Waals surface area contributed by atoms with E-state index in [9.17, 15) is 18.7 Å². The number of hydrogen-bond donors (Lipinski definition) is 2. The molecule has 106 valence electrons. The van der Waals surface area contributed by atoms with Crippen molar-refractivity contribution >= 4 is 29.2 Å². The average molecular weight is 314 g/mol. The van der Waals surface area contributed by atoms with Gasteiger partial charge in [-0.15, -0.1) is 0 Å². The lowest BCUT2D eigenvalue weighted by Crippen LogP contribution is -2.41. The van der Waals surface area contributed by atoms with Crippen molar-refractivity contribution in [2.24, 2.45) is 5.73 Å². The number of phenols is 1. The topological polar surface area (TPSA) is 72.5 Å².